The summed E-state index contributed by atoms with van der Waals surface area (Å²) in [6.07, 6.45) is 9.48. The Morgan fingerprint density at radius 3 is 2.68 bits per heavy atom. The number of benzene rings is 1. The van der Waals surface area contributed by atoms with Crippen LogP contribution in [-0.4, -0.2) is 16.9 Å². The minimum absolute atomic E-state index is 0.114. The van der Waals surface area contributed by atoms with E-state index >= 15 is 0 Å². The molecule has 0 amide bonds. The third kappa shape index (κ3) is 4.30. The summed E-state index contributed by atoms with van der Waals surface area (Å²) in [5, 5.41) is 8.84. The summed E-state index contributed by atoms with van der Waals surface area (Å²) < 4.78 is 0. The third-order valence-electron chi connectivity index (χ3n) is 4.24. The van der Waals surface area contributed by atoms with Crippen LogP contribution in [0.4, 0.5) is 0 Å². The molecular weight excluding hydrogens is 276 g/mol. The van der Waals surface area contributed by atoms with Crippen LogP contribution in [0.3, 0.4) is 0 Å². The van der Waals surface area contributed by atoms with Crippen molar-refractivity contribution in [1.29, 1.82) is 0 Å². The zero-order valence-corrected chi connectivity index (χ0v) is 13.2. The molecule has 0 spiro atoms. The summed E-state index contributed by atoms with van der Waals surface area (Å²) in [5.74, 6) is -1.16. The molecule has 1 aliphatic rings. The molecule has 1 N–H and O–H groups in total. The standard InChI is InChI=1S/C19H24O3/c1-2-3-4-5-6-7-14-8-9-15-10-11-16(13-18(20)21)19(22)17(15)12-14/h8-9,12-13H,2-7,10-11H2,1H3,(H,20,21)/b16-13+. The van der Waals surface area contributed by atoms with Crippen molar-refractivity contribution in [2.75, 3.05) is 0 Å². The number of unbranched alkanes of at least 4 members (excludes halogenated alkanes) is 4. The van der Waals surface area contributed by atoms with Crippen LogP contribution in [0, 0.1) is 0 Å². The maximum Gasteiger partial charge on any atom is 0.328 e. The summed E-state index contributed by atoms with van der Waals surface area (Å²) in [6.45, 7) is 2.21. The first-order chi connectivity index (χ1) is 10.6. The molecule has 1 aliphatic carbocycles. The lowest BCUT2D eigenvalue weighted by atomic mass is 9.85. The Bertz CT molecular complexity index is 584. The Hall–Kier alpha value is -1.90. The molecule has 0 saturated carbocycles. The van der Waals surface area contributed by atoms with Gasteiger partial charge in [-0.25, -0.2) is 4.79 Å². The molecule has 0 saturated heterocycles. The van der Waals surface area contributed by atoms with Gasteiger partial charge in [0.2, 0.25) is 0 Å². The summed E-state index contributed by atoms with van der Waals surface area (Å²) in [4.78, 5) is 23.2. The average molecular weight is 300 g/mol. The number of hydrogen-bond acceptors (Lipinski definition) is 2. The highest BCUT2D eigenvalue weighted by Gasteiger charge is 2.22. The Morgan fingerprint density at radius 1 is 1.18 bits per heavy atom. The zero-order valence-electron chi connectivity index (χ0n) is 13.2. The predicted octanol–water partition coefficient (Wildman–Crippen LogP) is 4.34. The number of carboxylic acid groups (broad SMARTS) is 1. The van der Waals surface area contributed by atoms with Crippen molar-refractivity contribution in [3.63, 3.8) is 0 Å². The van der Waals surface area contributed by atoms with E-state index in [0.717, 1.165) is 30.9 Å². The normalized spacial score (nSPS) is 15.9. The molecule has 3 heteroatoms. The molecule has 2 rings (SSSR count). The fourth-order valence-electron chi connectivity index (χ4n) is 2.98. The molecule has 0 atom stereocenters. The summed E-state index contributed by atoms with van der Waals surface area (Å²) in [7, 11) is 0. The van der Waals surface area contributed by atoms with Crippen LogP contribution in [0.2, 0.25) is 0 Å². The summed E-state index contributed by atoms with van der Waals surface area (Å²) >= 11 is 0. The SMILES string of the molecule is CCCCCCCc1ccc2c(c1)C(=O)/C(=C/C(=O)O)CC2. The number of carbonyl (C=O) groups excluding carboxylic acids is 1. The van der Waals surface area contributed by atoms with Crippen LogP contribution >= 0.6 is 0 Å². The second-order valence-corrected chi connectivity index (χ2v) is 5.99. The molecule has 0 aliphatic heterocycles. The number of carboxylic acids is 1. The van der Waals surface area contributed by atoms with E-state index in [-0.39, 0.29) is 5.78 Å². The Balaban J connectivity index is 2.05. The number of carbonyl (C=O) groups is 2. The molecule has 3 nitrogen and oxygen atoms in total. The van der Waals surface area contributed by atoms with Crippen molar-refractivity contribution in [2.45, 2.75) is 58.3 Å². The van der Waals surface area contributed by atoms with E-state index in [2.05, 4.69) is 13.0 Å². The van der Waals surface area contributed by atoms with Crippen LogP contribution < -0.4 is 0 Å². The molecule has 0 fully saturated rings. The first-order valence-electron chi connectivity index (χ1n) is 8.22. The Kier molecular flexibility index (Phi) is 5.93. The topological polar surface area (TPSA) is 54.4 Å². The van der Waals surface area contributed by atoms with Crippen molar-refractivity contribution in [3.8, 4) is 0 Å². The fraction of sp³-hybridized carbons (Fsp3) is 0.474. The van der Waals surface area contributed by atoms with Gasteiger partial charge in [0.05, 0.1) is 0 Å². The van der Waals surface area contributed by atoms with E-state index in [4.69, 9.17) is 5.11 Å². The number of hydrogen-bond donors (Lipinski definition) is 1. The number of ketones is 1. The van der Waals surface area contributed by atoms with Gasteiger partial charge in [-0.2, -0.15) is 0 Å². The van der Waals surface area contributed by atoms with Gasteiger partial charge in [0.25, 0.3) is 0 Å². The van der Waals surface area contributed by atoms with Gasteiger partial charge >= 0.3 is 5.97 Å². The van der Waals surface area contributed by atoms with Gasteiger partial charge in [-0.1, -0.05) is 44.7 Å². The minimum Gasteiger partial charge on any atom is -0.478 e. The zero-order chi connectivity index (χ0) is 15.9. The van der Waals surface area contributed by atoms with Crippen molar-refractivity contribution < 1.29 is 14.7 Å². The number of aryl methyl sites for hydroxylation is 2. The lowest BCUT2D eigenvalue weighted by Gasteiger charge is -2.18. The molecule has 0 aromatic heterocycles. The number of rotatable bonds is 7. The molecule has 1 aromatic rings. The average Bonchev–Trinajstić information content (AvgIpc) is 2.50. The van der Waals surface area contributed by atoms with Crippen LogP contribution in [0.5, 0.6) is 0 Å². The van der Waals surface area contributed by atoms with E-state index in [1.807, 2.05) is 12.1 Å². The van der Waals surface area contributed by atoms with Gasteiger partial charge in [0, 0.05) is 17.2 Å². The first-order valence-corrected chi connectivity index (χ1v) is 8.22. The number of aliphatic carboxylic acids is 1. The second kappa shape index (κ2) is 7.92. The van der Waals surface area contributed by atoms with Crippen LogP contribution in [0.15, 0.2) is 29.8 Å². The Morgan fingerprint density at radius 2 is 1.95 bits per heavy atom. The first kappa shape index (κ1) is 16.5. The highest BCUT2D eigenvalue weighted by atomic mass is 16.4. The van der Waals surface area contributed by atoms with E-state index in [9.17, 15) is 9.59 Å². The van der Waals surface area contributed by atoms with Gasteiger partial charge in [-0.15, -0.1) is 0 Å². The molecule has 0 unspecified atom stereocenters. The monoisotopic (exact) mass is 300 g/mol. The van der Waals surface area contributed by atoms with Crippen molar-refractivity contribution in [1.82, 2.24) is 0 Å². The third-order valence-corrected chi connectivity index (χ3v) is 4.24. The highest BCUT2D eigenvalue weighted by Crippen LogP contribution is 2.26. The van der Waals surface area contributed by atoms with Gasteiger partial charge < -0.3 is 5.11 Å². The molecular formula is C19H24O3. The van der Waals surface area contributed by atoms with E-state index in [1.165, 1.54) is 31.2 Å². The Labute approximate surface area is 132 Å². The van der Waals surface area contributed by atoms with Gasteiger partial charge in [-0.3, -0.25) is 4.79 Å². The van der Waals surface area contributed by atoms with Gasteiger partial charge in [0.15, 0.2) is 5.78 Å². The predicted molar refractivity (Wildman–Crippen MR) is 87.3 cm³/mol. The number of allylic oxidation sites excluding steroid dienone is 1. The fourth-order valence-corrected chi connectivity index (χ4v) is 2.98. The van der Waals surface area contributed by atoms with E-state index in [0.29, 0.717) is 17.6 Å². The second-order valence-electron chi connectivity index (χ2n) is 5.99. The largest absolute Gasteiger partial charge is 0.478 e. The molecule has 0 radical (unpaired) electrons. The van der Waals surface area contributed by atoms with Gasteiger partial charge in [0.1, 0.15) is 0 Å². The van der Waals surface area contributed by atoms with Crippen LogP contribution in [-0.2, 0) is 17.6 Å². The van der Waals surface area contributed by atoms with Crippen molar-refractivity contribution in [2.24, 2.45) is 0 Å². The number of Topliss-reactive ketones (excluding diaryl/α,β-unsaturated/α-hetero) is 1. The summed E-state index contributed by atoms with van der Waals surface area (Å²) in [5.41, 5.74) is 3.34. The number of fused-ring (bicyclic) bond motifs is 1. The van der Waals surface area contributed by atoms with E-state index < -0.39 is 5.97 Å². The molecule has 0 bridgehead atoms. The quantitative estimate of drug-likeness (QED) is 0.602. The lowest BCUT2D eigenvalue weighted by Crippen LogP contribution is -2.15. The molecule has 1 aromatic carbocycles. The molecule has 118 valence electrons. The molecule has 0 heterocycles. The maximum absolute atomic E-state index is 12.4. The van der Waals surface area contributed by atoms with E-state index in [1.54, 1.807) is 0 Å². The minimum atomic E-state index is -1.04. The summed E-state index contributed by atoms with van der Waals surface area (Å²) in [6, 6.07) is 6.11. The van der Waals surface area contributed by atoms with Crippen LogP contribution in [0.25, 0.3) is 0 Å². The van der Waals surface area contributed by atoms with Gasteiger partial charge in [-0.05, 0) is 42.9 Å². The molecule has 22 heavy (non-hydrogen) atoms. The highest BCUT2D eigenvalue weighted by molar-refractivity contribution is 6.12. The lowest BCUT2D eigenvalue weighted by molar-refractivity contribution is -0.131. The van der Waals surface area contributed by atoms with Crippen LogP contribution in [0.1, 0.15) is 66.9 Å². The van der Waals surface area contributed by atoms with Crippen molar-refractivity contribution in [3.05, 3.63) is 46.5 Å². The van der Waals surface area contributed by atoms with Crippen molar-refractivity contribution >= 4 is 11.8 Å². The maximum atomic E-state index is 12.4. The smallest absolute Gasteiger partial charge is 0.328 e.